The van der Waals surface area contributed by atoms with E-state index in [2.05, 4.69) is 5.32 Å². The minimum absolute atomic E-state index is 0.0167. The average molecular weight is 329 g/mol. The normalized spacial score (nSPS) is 11.9. The Hall–Kier alpha value is -1.95. The summed E-state index contributed by atoms with van der Waals surface area (Å²) in [7, 11) is 1.42. The molecule has 0 aliphatic rings. The highest BCUT2D eigenvalue weighted by atomic mass is 35.5. The molecule has 1 aromatic rings. The lowest BCUT2D eigenvalue weighted by Gasteiger charge is -2.18. The van der Waals surface area contributed by atoms with Gasteiger partial charge in [-0.25, -0.2) is 0 Å². The Bertz CT molecular complexity index is 561. The second-order valence-corrected chi connectivity index (χ2v) is 5.66. The van der Waals surface area contributed by atoms with Gasteiger partial charge in [0.05, 0.1) is 12.1 Å². The van der Waals surface area contributed by atoms with Crippen molar-refractivity contribution in [3.8, 4) is 11.5 Å². The molecule has 0 spiro atoms. The Morgan fingerprint density at radius 2 is 1.95 bits per heavy atom. The summed E-state index contributed by atoms with van der Waals surface area (Å²) in [6.07, 6.45) is 0. The van der Waals surface area contributed by atoms with Crippen LogP contribution in [0.3, 0.4) is 0 Å². The number of halogens is 1. The zero-order valence-electron chi connectivity index (χ0n) is 13.1. The van der Waals surface area contributed by atoms with Gasteiger partial charge < -0.3 is 20.5 Å². The molecule has 0 radical (unpaired) electrons. The van der Waals surface area contributed by atoms with Gasteiger partial charge in [-0.05, 0) is 25.0 Å². The van der Waals surface area contributed by atoms with Crippen molar-refractivity contribution in [1.29, 1.82) is 0 Å². The van der Waals surface area contributed by atoms with Gasteiger partial charge in [0, 0.05) is 11.6 Å². The highest BCUT2D eigenvalue weighted by Crippen LogP contribution is 2.36. The summed E-state index contributed by atoms with van der Waals surface area (Å²) >= 11 is 6.10. The molecule has 1 aromatic carbocycles. The van der Waals surface area contributed by atoms with Crippen LogP contribution in [0.2, 0.25) is 5.02 Å². The number of ether oxygens (including phenoxy) is 2. The van der Waals surface area contributed by atoms with Crippen molar-refractivity contribution in [3.05, 3.63) is 22.7 Å². The van der Waals surface area contributed by atoms with E-state index in [1.165, 1.54) is 19.2 Å². The number of carbonyl (C=O) groups is 2. The van der Waals surface area contributed by atoms with Gasteiger partial charge in [0.1, 0.15) is 0 Å². The Kier molecular flexibility index (Phi) is 6.49. The minimum Gasteiger partial charge on any atom is -0.493 e. The van der Waals surface area contributed by atoms with E-state index in [4.69, 9.17) is 26.8 Å². The number of carbonyl (C=O) groups excluding carboxylic acids is 2. The predicted molar refractivity (Wildman–Crippen MR) is 84.5 cm³/mol. The SMILES string of the molecule is COc1cc(C(=O)NC(C)C(C)C)cc(Cl)c1OCC(N)=O. The maximum atomic E-state index is 12.2. The predicted octanol–water partition coefficient (Wildman–Crippen LogP) is 1.99. The molecule has 0 saturated heterocycles. The maximum Gasteiger partial charge on any atom is 0.255 e. The summed E-state index contributed by atoms with van der Waals surface area (Å²) in [5.41, 5.74) is 5.38. The molecule has 6 nitrogen and oxygen atoms in total. The molecule has 1 rings (SSSR count). The van der Waals surface area contributed by atoms with Crippen LogP contribution in [0.25, 0.3) is 0 Å². The number of nitrogens with two attached hydrogens (primary N) is 1. The third-order valence-corrected chi connectivity index (χ3v) is 3.49. The van der Waals surface area contributed by atoms with Crippen LogP contribution in [-0.2, 0) is 4.79 Å². The fourth-order valence-corrected chi connectivity index (χ4v) is 1.86. The van der Waals surface area contributed by atoms with Gasteiger partial charge in [-0.1, -0.05) is 25.4 Å². The van der Waals surface area contributed by atoms with E-state index in [9.17, 15) is 9.59 Å². The van der Waals surface area contributed by atoms with Crippen molar-refractivity contribution in [2.75, 3.05) is 13.7 Å². The van der Waals surface area contributed by atoms with Crippen molar-refractivity contribution in [1.82, 2.24) is 5.32 Å². The smallest absolute Gasteiger partial charge is 0.255 e. The van der Waals surface area contributed by atoms with E-state index in [-0.39, 0.29) is 35.1 Å². The van der Waals surface area contributed by atoms with Crippen LogP contribution in [0.4, 0.5) is 0 Å². The highest BCUT2D eigenvalue weighted by Gasteiger charge is 2.18. The molecule has 122 valence electrons. The number of methoxy groups -OCH3 is 1. The first kappa shape index (κ1) is 18.1. The Morgan fingerprint density at radius 3 is 2.45 bits per heavy atom. The number of nitrogens with one attached hydrogen (secondary N) is 1. The van der Waals surface area contributed by atoms with Gasteiger partial charge in [-0.3, -0.25) is 9.59 Å². The molecule has 0 aromatic heterocycles. The number of rotatable bonds is 7. The molecule has 2 amide bonds. The summed E-state index contributed by atoms with van der Waals surface area (Å²) in [5.74, 6) is -0.152. The van der Waals surface area contributed by atoms with E-state index in [0.717, 1.165) is 0 Å². The summed E-state index contributed by atoms with van der Waals surface area (Å²) in [5, 5.41) is 3.05. The van der Waals surface area contributed by atoms with Crippen LogP contribution in [0.15, 0.2) is 12.1 Å². The standard InChI is InChI=1S/C15H21ClN2O4/c1-8(2)9(3)18-15(20)10-5-11(16)14(12(6-10)21-4)22-7-13(17)19/h5-6,8-9H,7H2,1-4H3,(H2,17,19)(H,18,20). The zero-order chi connectivity index (χ0) is 16.9. The zero-order valence-corrected chi connectivity index (χ0v) is 13.9. The van der Waals surface area contributed by atoms with Crippen LogP contribution in [-0.4, -0.2) is 31.6 Å². The summed E-state index contributed by atoms with van der Waals surface area (Å²) < 4.78 is 10.4. The summed E-state index contributed by atoms with van der Waals surface area (Å²) in [6, 6.07) is 2.98. The van der Waals surface area contributed by atoms with Gasteiger partial charge >= 0.3 is 0 Å². The molecule has 0 aliphatic carbocycles. The average Bonchev–Trinajstić information content (AvgIpc) is 2.44. The van der Waals surface area contributed by atoms with Crippen LogP contribution in [0.1, 0.15) is 31.1 Å². The number of hydrogen-bond donors (Lipinski definition) is 2. The van der Waals surface area contributed by atoms with Crippen LogP contribution < -0.4 is 20.5 Å². The molecule has 7 heteroatoms. The molecule has 0 heterocycles. The van der Waals surface area contributed by atoms with Crippen molar-refractivity contribution in [2.24, 2.45) is 11.7 Å². The van der Waals surface area contributed by atoms with Gasteiger partial charge in [-0.2, -0.15) is 0 Å². The molecule has 0 saturated carbocycles. The number of hydrogen-bond acceptors (Lipinski definition) is 4. The molecule has 1 atom stereocenters. The Balaban J connectivity index is 3.02. The molecular formula is C15H21ClN2O4. The molecule has 1 unspecified atom stereocenters. The lowest BCUT2D eigenvalue weighted by molar-refractivity contribution is -0.119. The lowest BCUT2D eigenvalue weighted by atomic mass is 10.1. The van der Waals surface area contributed by atoms with Crippen LogP contribution >= 0.6 is 11.6 Å². The maximum absolute atomic E-state index is 12.2. The van der Waals surface area contributed by atoms with Crippen molar-refractivity contribution in [2.45, 2.75) is 26.8 Å². The quantitative estimate of drug-likeness (QED) is 0.800. The first-order valence-electron chi connectivity index (χ1n) is 6.85. The van der Waals surface area contributed by atoms with E-state index in [1.807, 2.05) is 20.8 Å². The monoisotopic (exact) mass is 328 g/mol. The molecule has 3 N–H and O–H groups in total. The van der Waals surface area contributed by atoms with E-state index in [0.29, 0.717) is 11.5 Å². The van der Waals surface area contributed by atoms with Crippen molar-refractivity contribution in [3.63, 3.8) is 0 Å². The number of amides is 2. The van der Waals surface area contributed by atoms with E-state index in [1.54, 1.807) is 0 Å². The number of primary amides is 1. The van der Waals surface area contributed by atoms with Crippen LogP contribution in [0, 0.1) is 5.92 Å². The molecule has 22 heavy (non-hydrogen) atoms. The van der Waals surface area contributed by atoms with Crippen molar-refractivity contribution >= 4 is 23.4 Å². The lowest BCUT2D eigenvalue weighted by Crippen LogP contribution is -2.36. The first-order chi connectivity index (χ1) is 10.3. The molecule has 0 bridgehead atoms. The second kappa shape index (κ2) is 7.89. The fourth-order valence-electron chi connectivity index (χ4n) is 1.59. The Morgan fingerprint density at radius 1 is 1.32 bits per heavy atom. The summed E-state index contributed by atoms with van der Waals surface area (Å²) in [6.45, 7) is 5.62. The van der Waals surface area contributed by atoms with Gasteiger partial charge in [0.25, 0.3) is 11.8 Å². The second-order valence-electron chi connectivity index (χ2n) is 5.25. The highest BCUT2D eigenvalue weighted by molar-refractivity contribution is 6.32. The van der Waals surface area contributed by atoms with Gasteiger partial charge in [0.2, 0.25) is 0 Å². The third kappa shape index (κ3) is 4.80. The summed E-state index contributed by atoms with van der Waals surface area (Å²) in [4.78, 5) is 23.0. The van der Waals surface area contributed by atoms with Gasteiger partial charge in [0.15, 0.2) is 18.1 Å². The third-order valence-electron chi connectivity index (χ3n) is 3.21. The first-order valence-corrected chi connectivity index (χ1v) is 7.23. The topological polar surface area (TPSA) is 90.7 Å². The molecule has 0 fully saturated rings. The van der Waals surface area contributed by atoms with Crippen molar-refractivity contribution < 1.29 is 19.1 Å². The van der Waals surface area contributed by atoms with Crippen LogP contribution in [0.5, 0.6) is 11.5 Å². The number of benzene rings is 1. The molecular weight excluding hydrogens is 308 g/mol. The van der Waals surface area contributed by atoms with E-state index >= 15 is 0 Å². The fraction of sp³-hybridized carbons (Fsp3) is 0.467. The largest absolute Gasteiger partial charge is 0.493 e. The minimum atomic E-state index is -0.634. The molecule has 0 aliphatic heterocycles. The van der Waals surface area contributed by atoms with E-state index < -0.39 is 5.91 Å². The Labute approximate surface area is 134 Å². The van der Waals surface area contributed by atoms with Gasteiger partial charge in [-0.15, -0.1) is 0 Å².